The van der Waals surface area contributed by atoms with Crippen molar-refractivity contribution in [3.63, 3.8) is 0 Å². The quantitative estimate of drug-likeness (QED) is 0.348. The van der Waals surface area contributed by atoms with Gasteiger partial charge in [0.2, 0.25) is 0 Å². The van der Waals surface area contributed by atoms with Gasteiger partial charge in [-0.2, -0.15) is 0 Å². The lowest BCUT2D eigenvalue weighted by molar-refractivity contribution is -0.113. The number of nitrogens with zero attached hydrogens (tertiary/aromatic N) is 1. The lowest BCUT2D eigenvalue weighted by Gasteiger charge is -2.14. The van der Waals surface area contributed by atoms with Crippen LogP contribution in [0.2, 0.25) is 10.0 Å². The highest BCUT2D eigenvalue weighted by atomic mass is 35.5. The summed E-state index contributed by atoms with van der Waals surface area (Å²) in [4.78, 5) is 37.9. The fourth-order valence-corrected chi connectivity index (χ4v) is 4.67. The molecule has 0 spiro atoms. The van der Waals surface area contributed by atoms with Crippen LogP contribution in [0.15, 0.2) is 65.6 Å². The van der Waals surface area contributed by atoms with Gasteiger partial charge in [0.1, 0.15) is 6.61 Å². The minimum atomic E-state index is -1.04. The number of carbonyl (C=O) groups excluding carboxylic acids is 2. The van der Waals surface area contributed by atoms with Crippen LogP contribution < -0.4 is 14.4 Å². The highest BCUT2D eigenvalue weighted by molar-refractivity contribution is 8.19. The van der Waals surface area contributed by atoms with E-state index >= 15 is 0 Å². The smallest absolute Gasteiger partial charge is 0.335 e. The van der Waals surface area contributed by atoms with E-state index < -0.39 is 17.1 Å². The summed E-state index contributed by atoms with van der Waals surface area (Å²) in [5, 5.41) is 9.34. The van der Waals surface area contributed by atoms with Gasteiger partial charge in [-0.25, -0.2) is 9.69 Å². The van der Waals surface area contributed by atoms with Crippen LogP contribution in [0.5, 0.6) is 11.5 Å². The monoisotopic (exact) mass is 529 g/mol. The van der Waals surface area contributed by atoms with Gasteiger partial charge >= 0.3 is 5.97 Å². The molecular formula is C25H17Cl2NO6S. The van der Waals surface area contributed by atoms with Crippen molar-refractivity contribution in [3.05, 3.63) is 92.3 Å². The molecule has 3 aromatic carbocycles. The van der Waals surface area contributed by atoms with E-state index in [2.05, 4.69) is 0 Å². The Morgan fingerprint density at radius 2 is 1.86 bits per heavy atom. The van der Waals surface area contributed by atoms with Crippen molar-refractivity contribution < 1.29 is 29.0 Å². The van der Waals surface area contributed by atoms with Crippen molar-refractivity contribution in [2.75, 3.05) is 12.0 Å². The summed E-state index contributed by atoms with van der Waals surface area (Å²) in [6.07, 6.45) is 1.55. The number of thioether (sulfide) groups is 1. The van der Waals surface area contributed by atoms with E-state index in [1.165, 1.54) is 19.2 Å². The second kappa shape index (κ2) is 10.4. The first kappa shape index (κ1) is 24.7. The number of imide groups is 1. The SMILES string of the molecule is COc1cc(/C=C2/SC(=O)N(c3cccc(Cl)c3)C2=O)cc(Cl)c1OCc1cccc(C(=O)O)c1. The van der Waals surface area contributed by atoms with Crippen LogP contribution in [0.3, 0.4) is 0 Å². The number of carboxylic acid groups (broad SMARTS) is 1. The van der Waals surface area contributed by atoms with Crippen molar-refractivity contribution in [2.45, 2.75) is 6.61 Å². The Labute approximate surface area is 214 Å². The fraction of sp³-hybridized carbons (Fsp3) is 0.0800. The second-order valence-electron chi connectivity index (χ2n) is 7.33. The normalized spacial score (nSPS) is 14.5. The second-order valence-corrected chi connectivity index (χ2v) is 9.16. The zero-order chi connectivity index (χ0) is 25.1. The summed E-state index contributed by atoms with van der Waals surface area (Å²) in [5.74, 6) is -0.936. The van der Waals surface area contributed by atoms with Crippen LogP contribution in [0, 0.1) is 0 Å². The first-order valence-corrected chi connectivity index (χ1v) is 11.7. The van der Waals surface area contributed by atoms with Gasteiger partial charge in [0.15, 0.2) is 11.5 Å². The van der Waals surface area contributed by atoms with Crippen LogP contribution in [0.25, 0.3) is 6.08 Å². The third kappa shape index (κ3) is 5.45. The minimum absolute atomic E-state index is 0.0646. The Hall–Kier alpha value is -3.46. The number of aromatic carboxylic acids is 1. The highest BCUT2D eigenvalue weighted by Crippen LogP contribution is 2.40. The number of halogens is 2. The number of hydrogen-bond donors (Lipinski definition) is 1. The number of benzene rings is 3. The molecule has 0 bridgehead atoms. The number of anilines is 1. The van der Waals surface area contributed by atoms with Crippen molar-refractivity contribution in [2.24, 2.45) is 0 Å². The zero-order valence-electron chi connectivity index (χ0n) is 18.2. The highest BCUT2D eigenvalue weighted by Gasteiger charge is 2.36. The third-order valence-electron chi connectivity index (χ3n) is 4.97. The Balaban J connectivity index is 1.57. The standard InChI is InChI=1S/C25H17Cl2NO6S/c1-33-20-10-15(9-19(27)22(20)34-13-14-4-2-5-16(8-14)24(30)31)11-21-23(29)28(25(32)35-21)18-7-3-6-17(26)12-18/h2-12H,13H2,1H3,(H,30,31)/b21-11+. The van der Waals surface area contributed by atoms with E-state index in [0.717, 1.165) is 16.7 Å². The Kier molecular flexibility index (Phi) is 7.35. The number of carbonyl (C=O) groups is 3. The van der Waals surface area contributed by atoms with Crippen LogP contribution in [-0.4, -0.2) is 29.3 Å². The van der Waals surface area contributed by atoms with E-state index in [0.29, 0.717) is 27.6 Å². The van der Waals surface area contributed by atoms with Crippen LogP contribution in [0.4, 0.5) is 10.5 Å². The van der Waals surface area contributed by atoms with Crippen LogP contribution >= 0.6 is 35.0 Å². The molecule has 2 amide bonds. The molecule has 0 radical (unpaired) electrons. The van der Waals surface area contributed by atoms with Gasteiger partial charge < -0.3 is 14.6 Å². The van der Waals surface area contributed by atoms with Crippen LogP contribution in [0.1, 0.15) is 21.5 Å². The fourth-order valence-electron chi connectivity index (χ4n) is 3.37. The molecule has 0 unspecified atom stereocenters. The van der Waals surface area contributed by atoms with E-state index in [1.807, 2.05) is 0 Å². The van der Waals surface area contributed by atoms with Crippen molar-refractivity contribution in [1.82, 2.24) is 0 Å². The van der Waals surface area contributed by atoms with E-state index in [9.17, 15) is 14.4 Å². The number of carboxylic acids is 1. The summed E-state index contributed by atoms with van der Waals surface area (Å²) in [5.41, 5.74) is 1.70. The van der Waals surface area contributed by atoms with Gasteiger partial charge in [-0.05, 0) is 71.4 Å². The Morgan fingerprint density at radius 1 is 1.09 bits per heavy atom. The topological polar surface area (TPSA) is 93.1 Å². The molecule has 1 aliphatic heterocycles. The summed E-state index contributed by atoms with van der Waals surface area (Å²) in [6.45, 7) is 0.0646. The molecule has 178 valence electrons. The van der Waals surface area contributed by atoms with E-state index in [4.69, 9.17) is 37.8 Å². The van der Waals surface area contributed by atoms with Gasteiger partial charge in [0.25, 0.3) is 11.1 Å². The largest absolute Gasteiger partial charge is 0.493 e. The molecule has 35 heavy (non-hydrogen) atoms. The van der Waals surface area contributed by atoms with Gasteiger partial charge in [0.05, 0.1) is 28.3 Å². The first-order valence-electron chi connectivity index (χ1n) is 10.1. The molecule has 1 heterocycles. The van der Waals surface area contributed by atoms with Gasteiger partial charge in [0, 0.05) is 5.02 Å². The molecule has 1 saturated heterocycles. The molecule has 1 N–H and O–H groups in total. The molecule has 10 heteroatoms. The molecule has 0 aromatic heterocycles. The molecule has 0 atom stereocenters. The number of methoxy groups -OCH3 is 1. The summed E-state index contributed by atoms with van der Waals surface area (Å²) >= 11 is 13.2. The predicted molar refractivity (Wildman–Crippen MR) is 136 cm³/mol. The molecule has 0 saturated carbocycles. The zero-order valence-corrected chi connectivity index (χ0v) is 20.5. The molecule has 1 fully saturated rings. The van der Waals surface area contributed by atoms with Crippen molar-refractivity contribution in [3.8, 4) is 11.5 Å². The van der Waals surface area contributed by atoms with Gasteiger partial charge in [-0.15, -0.1) is 0 Å². The number of hydrogen-bond acceptors (Lipinski definition) is 6. The molecule has 0 aliphatic carbocycles. The summed E-state index contributed by atoms with van der Waals surface area (Å²) < 4.78 is 11.2. The average molecular weight is 530 g/mol. The average Bonchev–Trinajstić information content (AvgIpc) is 3.10. The predicted octanol–water partition coefficient (Wildman–Crippen LogP) is 6.52. The molecule has 4 rings (SSSR count). The summed E-state index contributed by atoms with van der Waals surface area (Å²) in [6, 6.07) is 16.0. The molecule has 1 aliphatic rings. The molecule has 3 aromatic rings. The van der Waals surface area contributed by atoms with E-state index in [1.54, 1.807) is 54.6 Å². The first-order chi connectivity index (χ1) is 16.8. The number of amides is 2. The Bertz CT molecular complexity index is 1370. The summed E-state index contributed by atoms with van der Waals surface area (Å²) in [7, 11) is 1.44. The Morgan fingerprint density at radius 3 is 2.57 bits per heavy atom. The molecular weight excluding hydrogens is 513 g/mol. The lowest BCUT2D eigenvalue weighted by atomic mass is 10.1. The van der Waals surface area contributed by atoms with E-state index in [-0.39, 0.29) is 27.8 Å². The van der Waals surface area contributed by atoms with Gasteiger partial charge in [-0.1, -0.05) is 41.4 Å². The maximum atomic E-state index is 12.9. The third-order valence-corrected chi connectivity index (χ3v) is 6.35. The van der Waals surface area contributed by atoms with Crippen molar-refractivity contribution in [1.29, 1.82) is 0 Å². The number of ether oxygens (including phenoxy) is 2. The van der Waals surface area contributed by atoms with Crippen molar-refractivity contribution >= 4 is 63.8 Å². The maximum absolute atomic E-state index is 12.9. The lowest BCUT2D eigenvalue weighted by Crippen LogP contribution is -2.27. The number of rotatable bonds is 7. The van der Waals surface area contributed by atoms with Gasteiger partial charge in [-0.3, -0.25) is 9.59 Å². The minimum Gasteiger partial charge on any atom is -0.493 e. The van der Waals surface area contributed by atoms with Crippen LogP contribution in [-0.2, 0) is 11.4 Å². The molecule has 7 nitrogen and oxygen atoms in total. The maximum Gasteiger partial charge on any atom is 0.335 e.